The molecule has 3 heteroatoms. The monoisotopic (exact) mass is 244 g/mol. The molecule has 0 bridgehead atoms. The number of hydrogen-bond acceptors (Lipinski definition) is 3. The van der Waals surface area contributed by atoms with Crippen LogP contribution in [0.15, 0.2) is 0 Å². The number of piperidine rings is 1. The van der Waals surface area contributed by atoms with Crippen LogP contribution >= 0.6 is 11.8 Å². The highest BCUT2D eigenvalue weighted by molar-refractivity contribution is 7.98. The van der Waals surface area contributed by atoms with Crippen molar-refractivity contribution < 1.29 is 0 Å². The molecule has 0 saturated carbocycles. The van der Waals surface area contributed by atoms with Crippen molar-refractivity contribution in [1.29, 1.82) is 0 Å². The molecule has 0 radical (unpaired) electrons. The predicted molar refractivity (Wildman–Crippen MR) is 75.0 cm³/mol. The summed E-state index contributed by atoms with van der Waals surface area (Å²) in [4.78, 5) is 2.62. The minimum absolute atomic E-state index is 0.551. The summed E-state index contributed by atoms with van der Waals surface area (Å²) >= 11 is 1.94. The third-order valence-corrected chi connectivity index (χ3v) is 4.52. The van der Waals surface area contributed by atoms with Gasteiger partial charge in [-0.3, -0.25) is 4.90 Å². The molecular weight excluding hydrogens is 216 g/mol. The van der Waals surface area contributed by atoms with Gasteiger partial charge in [0.1, 0.15) is 0 Å². The van der Waals surface area contributed by atoms with E-state index in [1.807, 2.05) is 11.8 Å². The first-order chi connectivity index (χ1) is 7.59. The molecule has 1 aliphatic heterocycles. The van der Waals surface area contributed by atoms with E-state index in [1.165, 1.54) is 44.5 Å². The van der Waals surface area contributed by atoms with Crippen molar-refractivity contribution in [3.63, 3.8) is 0 Å². The van der Waals surface area contributed by atoms with E-state index >= 15 is 0 Å². The fourth-order valence-electron chi connectivity index (χ4n) is 2.41. The summed E-state index contributed by atoms with van der Waals surface area (Å²) in [5.41, 5.74) is 6.46. The molecule has 1 fully saturated rings. The fourth-order valence-corrected chi connectivity index (χ4v) is 2.86. The maximum atomic E-state index is 5.90. The van der Waals surface area contributed by atoms with Crippen molar-refractivity contribution in [2.45, 2.75) is 45.6 Å². The van der Waals surface area contributed by atoms with E-state index in [9.17, 15) is 0 Å². The molecule has 2 nitrogen and oxygen atoms in total. The van der Waals surface area contributed by atoms with E-state index < -0.39 is 0 Å². The molecule has 0 spiro atoms. The zero-order valence-corrected chi connectivity index (χ0v) is 12.0. The molecule has 0 aromatic rings. The van der Waals surface area contributed by atoms with Crippen LogP contribution in [0.3, 0.4) is 0 Å². The first kappa shape index (κ1) is 14.3. The second-order valence-corrected chi connectivity index (χ2v) is 6.71. The van der Waals surface area contributed by atoms with Crippen LogP contribution in [0.2, 0.25) is 0 Å². The van der Waals surface area contributed by atoms with Gasteiger partial charge >= 0.3 is 0 Å². The van der Waals surface area contributed by atoms with E-state index in [-0.39, 0.29) is 0 Å². The lowest BCUT2D eigenvalue weighted by Gasteiger charge is -2.40. The third kappa shape index (κ3) is 4.64. The Bertz CT molecular complexity index is 184. The Morgan fingerprint density at radius 3 is 2.44 bits per heavy atom. The zero-order valence-electron chi connectivity index (χ0n) is 11.2. The molecular formula is C13H28N2S. The largest absolute Gasteiger partial charge is 0.329 e. The van der Waals surface area contributed by atoms with Crippen molar-refractivity contribution in [3.8, 4) is 0 Å². The number of thioether (sulfide) groups is 1. The van der Waals surface area contributed by atoms with Crippen LogP contribution in [-0.4, -0.2) is 42.6 Å². The Kier molecular flexibility index (Phi) is 6.16. The van der Waals surface area contributed by atoms with Crippen molar-refractivity contribution in [2.24, 2.45) is 11.1 Å². The fraction of sp³-hybridized carbons (Fsp3) is 1.00. The van der Waals surface area contributed by atoms with Crippen molar-refractivity contribution in [3.05, 3.63) is 0 Å². The van der Waals surface area contributed by atoms with E-state index in [2.05, 4.69) is 25.0 Å². The van der Waals surface area contributed by atoms with E-state index in [0.717, 1.165) is 6.54 Å². The summed E-state index contributed by atoms with van der Waals surface area (Å²) in [5, 5.41) is 0. The molecule has 0 aliphatic carbocycles. The minimum Gasteiger partial charge on any atom is -0.329 e. The summed E-state index contributed by atoms with van der Waals surface area (Å²) < 4.78 is 0. The smallest absolute Gasteiger partial charge is 0.0218 e. The van der Waals surface area contributed by atoms with Gasteiger partial charge in [0.25, 0.3) is 0 Å². The van der Waals surface area contributed by atoms with Gasteiger partial charge in [-0.1, -0.05) is 13.8 Å². The van der Waals surface area contributed by atoms with Crippen molar-refractivity contribution >= 4 is 11.8 Å². The van der Waals surface area contributed by atoms with Crippen LogP contribution in [0, 0.1) is 5.41 Å². The first-order valence-electron chi connectivity index (χ1n) is 6.52. The highest BCUT2D eigenvalue weighted by atomic mass is 32.2. The van der Waals surface area contributed by atoms with Gasteiger partial charge in [-0.15, -0.1) is 0 Å². The van der Waals surface area contributed by atoms with Crippen LogP contribution in [0.4, 0.5) is 0 Å². The molecule has 2 N–H and O–H groups in total. The molecule has 16 heavy (non-hydrogen) atoms. The Balaban J connectivity index is 2.31. The van der Waals surface area contributed by atoms with Crippen LogP contribution < -0.4 is 5.73 Å². The van der Waals surface area contributed by atoms with Crippen LogP contribution in [0.25, 0.3) is 0 Å². The predicted octanol–water partition coefficient (Wildman–Crippen LogP) is 2.58. The Morgan fingerprint density at radius 1 is 1.31 bits per heavy atom. The Labute approximate surface area is 105 Å². The molecule has 1 atom stereocenters. The quantitative estimate of drug-likeness (QED) is 0.728. The molecule has 0 amide bonds. The zero-order chi connectivity index (χ0) is 12.0. The highest BCUT2D eigenvalue weighted by Gasteiger charge is 2.28. The van der Waals surface area contributed by atoms with E-state index in [0.29, 0.717) is 11.5 Å². The minimum atomic E-state index is 0.551. The van der Waals surface area contributed by atoms with Crippen molar-refractivity contribution in [2.75, 3.05) is 31.6 Å². The van der Waals surface area contributed by atoms with Crippen molar-refractivity contribution in [1.82, 2.24) is 4.90 Å². The lowest BCUT2D eigenvalue weighted by molar-refractivity contribution is 0.0925. The van der Waals surface area contributed by atoms with Gasteiger partial charge in [0.2, 0.25) is 0 Å². The summed E-state index contributed by atoms with van der Waals surface area (Å²) in [6, 6.07) is 0.628. The lowest BCUT2D eigenvalue weighted by Crippen LogP contribution is -2.46. The second kappa shape index (κ2) is 6.87. The summed E-state index contributed by atoms with van der Waals surface area (Å²) in [6.07, 6.45) is 7.42. The topological polar surface area (TPSA) is 29.3 Å². The van der Waals surface area contributed by atoms with Gasteiger partial charge in [0.05, 0.1) is 0 Å². The summed E-state index contributed by atoms with van der Waals surface area (Å²) in [6.45, 7) is 8.09. The summed E-state index contributed by atoms with van der Waals surface area (Å²) in [7, 11) is 0. The van der Waals surface area contributed by atoms with Gasteiger partial charge in [0.15, 0.2) is 0 Å². The SMILES string of the molecule is CSCCCC(CN)N1CCC(C)(C)CC1. The molecule has 0 aromatic heterocycles. The van der Waals surface area contributed by atoms with Crippen LogP contribution in [0.1, 0.15) is 39.5 Å². The molecule has 1 heterocycles. The number of nitrogens with two attached hydrogens (primary N) is 1. The highest BCUT2D eigenvalue weighted by Crippen LogP contribution is 2.30. The molecule has 1 aliphatic rings. The lowest BCUT2D eigenvalue weighted by atomic mass is 9.82. The van der Waals surface area contributed by atoms with E-state index in [4.69, 9.17) is 5.73 Å². The average molecular weight is 244 g/mol. The van der Waals surface area contributed by atoms with Gasteiger partial charge in [-0.05, 0) is 56.2 Å². The van der Waals surface area contributed by atoms with Crippen LogP contribution in [-0.2, 0) is 0 Å². The molecule has 1 saturated heterocycles. The summed E-state index contributed by atoms with van der Waals surface area (Å²) in [5.74, 6) is 1.27. The normalized spacial score (nSPS) is 23.2. The maximum absolute atomic E-state index is 5.90. The third-order valence-electron chi connectivity index (χ3n) is 3.83. The first-order valence-corrected chi connectivity index (χ1v) is 7.91. The average Bonchev–Trinajstić information content (AvgIpc) is 2.25. The van der Waals surface area contributed by atoms with Gasteiger partial charge in [-0.2, -0.15) is 11.8 Å². The number of rotatable bonds is 6. The Hall–Kier alpha value is 0.270. The molecule has 96 valence electrons. The Morgan fingerprint density at radius 2 is 1.94 bits per heavy atom. The molecule has 1 unspecified atom stereocenters. The standard InChI is InChI=1S/C13H28N2S/c1-13(2)6-8-15(9-7-13)12(11-14)5-4-10-16-3/h12H,4-11,14H2,1-3H3. The number of hydrogen-bond donors (Lipinski definition) is 1. The van der Waals surface area contributed by atoms with E-state index in [1.54, 1.807) is 0 Å². The number of likely N-dealkylation sites (tertiary alicyclic amines) is 1. The van der Waals surface area contributed by atoms with Gasteiger partial charge in [0, 0.05) is 12.6 Å². The second-order valence-electron chi connectivity index (χ2n) is 5.72. The van der Waals surface area contributed by atoms with Gasteiger partial charge in [-0.25, -0.2) is 0 Å². The molecule has 0 aromatic carbocycles. The van der Waals surface area contributed by atoms with Crippen LogP contribution in [0.5, 0.6) is 0 Å². The van der Waals surface area contributed by atoms with Gasteiger partial charge < -0.3 is 5.73 Å². The molecule has 1 rings (SSSR count). The maximum Gasteiger partial charge on any atom is 0.0218 e. The number of nitrogens with zero attached hydrogens (tertiary/aromatic N) is 1.